The van der Waals surface area contributed by atoms with Gasteiger partial charge in [-0.2, -0.15) is 8.42 Å². The van der Waals surface area contributed by atoms with E-state index in [0.717, 1.165) is 44.9 Å². The second-order valence-corrected chi connectivity index (χ2v) is 9.85. The van der Waals surface area contributed by atoms with E-state index in [2.05, 4.69) is 9.71 Å². The molecule has 3 aliphatic rings. The van der Waals surface area contributed by atoms with Crippen molar-refractivity contribution in [3.05, 3.63) is 22.7 Å². The fourth-order valence-corrected chi connectivity index (χ4v) is 5.70. The largest absolute Gasteiger partial charge is 0.452 e. The molecule has 162 valence electrons. The molecule has 2 fully saturated rings. The van der Waals surface area contributed by atoms with Gasteiger partial charge >= 0.3 is 5.97 Å². The zero-order chi connectivity index (χ0) is 21.3. The lowest BCUT2D eigenvalue weighted by Crippen LogP contribution is -2.36. The zero-order valence-electron chi connectivity index (χ0n) is 16.5. The third kappa shape index (κ3) is 4.32. The Morgan fingerprint density at radius 2 is 1.93 bits per heavy atom. The first-order valence-corrected chi connectivity index (χ1v) is 12.1. The molecule has 0 aromatic heterocycles. The Bertz CT molecular complexity index is 1000. The number of fused-ring (bicyclic) bond motifs is 3. The van der Waals surface area contributed by atoms with Gasteiger partial charge in [-0.3, -0.25) is 4.79 Å². The van der Waals surface area contributed by atoms with Gasteiger partial charge in [0.25, 0.3) is 15.9 Å². The van der Waals surface area contributed by atoms with Crippen molar-refractivity contribution >= 4 is 45.0 Å². The highest BCUT2D eigenvalue weighted by Crippen LogP contribution is 2.38. The minimum atomic E-state index is -3.95. The molecule has 1 amide bonds. The van der Waals surface area contributed by atoms with Crippen molar-refractivity contribution in [1.29, 1.82) is 0 Å². The molecule has 0 spiro atoms. The number of amides is 1. The molecule has 0 radical (unpaired) electrons. The van der Waals surface area contributed by atoms with Crippen LogP contribution in [0.1, 0.15) is 61.7 Å². The maximum absolute atomic E-state index is 12.7. The van der Waals surface area contributed by atoms with Crippen molar-refractivity contribution in [3.63, 3.8) is 0 Å². The van der Waals surface area contributed by atoms with Gasteiger partial charge in [0.2, 0.25) is 0 Å². The van der Waals surface area contributed by atoms with Crippen LogP contribution in [-0.2, 0) is 19.6 Å². The van der Waals surface area contributed by atoms with Gasteiger partial charge in [0.1, 0.15) is 10.7 Å². The van der Waals surface area contributed by atoms with E-state index < -0.39 is 22.6 Å². The fourth-order valence-electron chi connectivity index (χ4n) is 4.20. The number of carbonyl (C=O) groups excluding carboxylic acids is 2. The highest BCUT2D eigenvalue weighted by molar-refractivity contribution is 7.90. The zero-order valence-corrected chi connectivity index (χ0v) is 18.1. The Hall–Kier alpha value is -2.13. The van der Waals surface area contributed by atoms with Crippen molar-refractivity contribution in [2.24, 2.45) is 4.40 Å². The van der Waals surface area contributed by atoms with E-state index in [1.165, 1.54) is 12.1 Å². The lowest BCUT2D eigenvalue weighted by Gasteiger charge is -2.30. The number of nitrogens with zero attached hydrogens (tertiary/aromatic N) is 2. The summed E-state index contributed by atoms with van der Waals surface area (Å²) in [7, 11) is -3.95. The molecule has 1 saturated carbocycles. The van der Waals surface area contributed by atoms with E-state index in [4.69, 9.17) is 16.3 Å². The minimum Gasteiger partial charge on any atom is -0.452 e. The molecule has 0 bridgehead atoms. The van der Waals surface area contributed by atoms with Crippen LogP contribution in [-0.4, -0.2) is 45.3 Å². The quantitative estimate of drug-likeness (QED) is 0.702. The molecule has 2 aliphatic heterocycles. The normalized spacial score (nSPS) is 20.6. The number of benzene rings is 1. The Morgan fingerprint density at radius 3 is 2.70 bits per heavy atom. The number of hydrogen-bond donors (Lipinski definition) is 1. The molecule has 1 aliphatic carbocycles. The Kier molecular flexibility index (Phi) is 6.02. The van der Waals surface area contributed by atoms with E-state index in [1.807, 2.05) is 4.90 Å². The van der Waals surface area contributed by atoms with Gasteiger partial charge in [0, 0.05) is 19.0 Å². The van der Waals surface area contributed by atoms with E-state index in [1.54, 1.807) is 0 Å². The number of hydrogen-bond acceptors (Lipinski definition) is 6. The van der Waals surface area contributed by atoms with E-state index >= 15 is 0 Å². The SMILES string of the molecule is O=C(COC(=O)c1cc2c(cc1Cl)N1CCCCCC1=NS2(=O)=O)NC1CCCC1. The average molecular weight is 454 g/mol. The molecule has 1 saturated heterocycles. The van der Waals surface area contributed by atoms with Crippen LogP contribution in [0.25, 0.3) is 0 Å². The van der Waals surface area contributed by atoms with Crippen LogP contribution < -0.4 is 10.2 Å². The standard InChI is InChI=1S/C20H24ClN3O5S/c21-15-11-16-17(30(27,28)23-18-8-2-1-5-9-24(16)18)10-14(15)20(26)29-12-19(25)22-13-6-3-4-7-13/h10-11,13H,1-9,12H2,(H,22,25). The summed E-state index contributed by atoms with van der Waals surface area (Å²) >= 11 is 6.31. The summed E-state index contributed by atoms with van der Waals surface area (Å²) in [5.74, 6) is -0.712. The lowest BCUT2D eigenvalue weighted by molar-refractivity contribution is -0.124. The molecule has 1 aromatic carbocycles. The van der Waals surface area contributed by atoms with Gasteiger partial charge < -0.3 is 15.0 Å². The van der Waals surface area contributed by atoms with E-state index in [9.17, 15) is 18.0 Å². The number of anilines is 1. The summed E-state index contributed by atoms with van der Waals surface area (Å²) in [6.45, 7) is 0.201. The van der Waals surface area contributed by atoms with Crippen molar-refractivity contribution in [1.82, 2.24) is 5.32 Å². The summed E-state index contributed by atoms with van der Waals surface area (Å²) in [5, 5.41) is 2.91. The molecule has 30 heavy (non-hydrogen) atoms. The predicted molar refractivity (Wildman–Crippen MR) is 113 cm³/mol. The number of amidine groups is 1. The molecular formula is C20H24ClN3O5S. The number of esters is 1. The molecule has 4 rings (SSSR count). The Morgan fingerprint density at radius 1 is 1.17 bits per heavy atom. The summed E-state index contributed by atoms with van der Waals surface area (Å²) in [6.07, 6.45) is 7.36. The molecule has 10 heteroatoms. The molecule has 0 atom stereocenters. The lowest BCUT2D eigenvalue weighted by atomic mass is 10.1. The summed E-state index contributed by atoms with van der Waals surface area (Å²) < 4.78 is 34.5. The molecular weight excluding hydrogens is 430 g/mol. The number of rotatable bonds is 4. The Balaban J connectivity index is 1.53. The van der Waals surface area contributed by atoms with Crippen LogP contribution >= 0.6 is 11.6 Å². The highest BCUT2D eigenvalue weighted by Gasteiger charge is 2.33. The fraction of sp³-hybridized carbons (Fsp3) is 0.550. The van der Waals surface area contributed by atoms with Crippen molar-refractivity contribution in [2.75, 3.05) is 18.1 Å². The van der Waals surface area contributed by atoms with Gasteiger partial charge in [-0.1, -0.05) is 30.9 Å². The topological polar surface area (TPSA) is 105 Å². The maximum atomic E-state index is 12.7. The van der Waals surface area contributed by atoms with Crippen LogP contribution in [0.2, 0.25) is 5.02 Å². The highest BCUT2D eigenvalue weighted by atomic mass is 35.5. The van der Waals surface area contributed by atoms with Gasteiger partial charge in [-0.15, -0.1) is 4.40 Å². The summed E-state index contributed by atoms with van der Waals surface area (Å²) in [6, 6.07) is 2.80. The number of halogens is 1. The first-order valence-electron chi connectivity index (χ1n) is 10.3. The summed E-state index contributed by atoms with van der Waals surface area (Å²) in [4.78, 5) is 26.3. The van der Waals surface area contributed by atoms with Crippen molar-refractivity contribution in [2.45, 2.75) is 62.3 Å². The third-order valence-electron chi connectivity index (χ3n) is 5.71. The smallest absolute Gasteiger partial charge is 0.340 e. The number of carbonyl (C=O) groups is 2. The first kappa shape index (κ1) is 21.1. The molecule has 2 heterocycles. The first-order chi connectivity index (χ1) is 14.3. The second-order valence-electron chi connectivity index (χ2n) is 7.87. The van der Waals surface area contributed by atoms with Crippen LogP contribution in [0.3, 0.4) is 0 Å². The van der Waals surface area contributed by atoms with E-state index in [-0.39, 0.29) is 27.4 Å². The van der Waals surface area contributed by atoms with Crippen molar-refractivity contribution in [3.8, 4) is 0 Å². The van der Waals surface area contributed by atoms with Crippen molar-refractivity contribution < 1.29 is 22.7 Å². The van der Waals surface area contributed by atoms with Crippen LogP contribution in [0.15, 0.2) is 21.4 Å². The molecule has 1 N–H and O–H groups in total. The van der Waals surface area contributed by atoms with Crippen LogP contribution in [0, 0.1) is 0 Å². The van der Waals surface area contributed by atoms with Gasteiger partial charge in [-0.25, -0.2) is 4.79 Å². The van der Waals surface area contributed by atoms with Gasteiger partial charge in [-0.05, 0) is 37.8 Å². The molecule has 0 unspecified atom stereocenters. The number of sulfonamides is 1. The number of nitrogens with one attached hydrogen (secondary N) is 1. The van der Waals surface area contributed by atoms with Gasteiger partial charge in [0.05, 0.1) is 16.3 Å². The predicted octanol–water partition coefficient (Wildman–Crippen LogP) is 3.04. The second kappa shape index (κ2) is 8.55. The minimum absolute atomic E-state index is 0.0695. The molecule has 1 aromatic rings. The van der Waals surface area contributed by atoms with Crippen LogP contribution in [0.5, 0.6) is 0 Å². The average Bonchev–Trinajstić information content (AvgIpc) is 3.09. The maximum Gasteiger partial charge on any atom is 0.340 e. The number of ether oxygens (including phenoxy) is 1. The van der Waals surface area contributed by atoms with Crippen LogP contribution in [0.4, 0.5) is 5.69 Å². The monoisotopic (exact) mass is 453 g/mol. The molecule has 8 nitrogen and oxygen atoms in total. The van der Waals surface area contributed by atoms with Gasteiger partial charge in [0.15, 0.2) is 6.61 Å². The Labute approximate surface area is 180 Å². The van der Waals surface area contributed by atoms with E-state index in [0.29, 0.717) is 24.5 Å². The third-order valence-corrected chi connectivity index (χ3v) is 7.36. The summed E-state index contributed by atoms with van der Waals surface area (Å²) in [5.41, 5.74) is 0.337.